The molecular formula is C26H25NO3. The van der Waals surface area contributed by atoms with Crippen LogP contribution in [0, 0.1) is 0 Å². The fourth-order valence-electron chi connectivity index (χ4n) is 4.04. The van der Waals surface area contributed by atoms with Crippen molar-refractivity contribution in [2.45, 2.75) is 38.0 Å². The van der Waals surface area contributed by atoms with Crippen LogP contribution in [0.3, 0.4) is 0 Å². The first-order chi connectivity index (χ1) is 14.5. The molecule has 1 amide bonds. The Kier molecular flexibility index (Phi) is 4.50. The Balaban J connectivity index is 1.33. The molecule has 1 aliphatic heterocycles. The molecule has 30 heavy (non-hydrogen) atoms. The number of amides is 1. The van der Waals surface area contributed by atoms with E-state index in [4.69, 9.17) is 9.47 Å². The minimum Gasteiger partial charge on any atom is -0.454 e. The van der Waals surface area contributed by atoms with E-state index >= 15 is 0 Å². The van der Waals surface area contributed by atoms with Crippen molar-refractivity contribution in [3.63, 3.8) is 0 Å². The van der Waals surface area contributed by atoms with Crippen LogP contribution in [-0.2, 0) is 10.2 Å². The van der Waals surface area contributed by atoms with Gasteiger partial charge in [-0.15, -0.1) is 0 Å². The lowest BCUT2D eigenvalue weighted by Gasteiger charge is -2.16. The molecule has 0 atom stereocenters. The van der Waals surface area contributed by atoms with Gasteiger partial charge in [-0.05, 0) is 65.3 Å². The van der Waals surface area contributed by atoms with Gasteiger partial charge in [0.2, 0.25) is 12.7 Å². The standard InChI is InChI=1S/C26H25NO3/c1-17(2)19-4-3-5-20(14-19)18-6-9-22(10-7-18)27-25(28)26(12-13-26)21-8-11-23-24(15-21)30-16-29-23/h3-11,14-15,17H,12-13,16H2,1-2H3,(H,27,28). The van der Waals surface area contributed by atoms with Gasteiger partial charge in [0, 0.05) is 5.69 Å². The van der Waals surface area contributed by atoms with Gasteiger partial charge in [0.1, 0.15) is 0 Å². The van der Waals surface area contributed by atoms with Gasteiger partial charge >= 0.3 is 0 Å². The highest BCUT2D eigenvalue weighted by atomic mass is 16.7. The summed E-state index contributed by atoms with van der Waals surface area (Å²) in [6.07, 6.45) is 1.69. The van der Waals surface area contributed by atoms with Crippen molar-refractivity contribution in [3.8, 4) is 22.6 Å². The van der Waals surface area contributed by atoms with Crippen LogP contribution in [0.5, 0.6) is 11.5 Å². The van der Waals surface area contributed by atoms with E-state index in [2.05, 4.69) is 55.6 Å². The van der Waals surface area contributed by atoms with Gasteiger partial charge in [0.25, 0.3) is 0 Å². The summed E-state index contributed by atoms with van der Waals surface area (Å²) in [7, 11) is 0. The predicted octanol–water partition coefficient (Wildman–Crippen LogP) is 5.88. The molecule has 1 saturated carbocycles. The second-order valence-electron chi connectivity index (χ2n) is 8.46. The van der Waals surface area contributed by atoms with Crippen LogP contribution in [0.1, 0.15) is 43.7 Å². The molecule has 152 valence electrons. The van der Waals surface area contributed by atoms with Crippen molar-refractivity contribution in [2.75, 3.05) is 12.1 Å². The zero-order chi connectivity index (χ0) is 20.7. The minimum absolute atomic E-state index is 0.0379. The summed E-state index contributed by atoms with van der Waals surface area (Å²) < 4.78 is 10.9. The van der Waals surface area contributed by atoms with E-state index in [1.807, 2.05) is 30.3 Å². The second kappa shape index (κ2) is 7.21. The third-order valence-electron chi connectivity index (χ3n) is 6.14. The number of nitrogens with one attached hydrogen (secondary N) is 1. The number of benzene rings is 3. The predicted molar refractivity (Wildman–Crippen MR) is 118 cm³/mol. The molecule has 4 nitrogen and oxygen atoms in total. The molecule has 0 spiro atoms. The molecule has 0 radical (unpaired) electrons. The quantitative estimate of drug-likeness (QED) is 0.583. The molecule has 2 aliphatic rings. The molecule has 0 aromatic heterocycles. The van der Waals surface area contributed by atoms with Gasteiger partial charge in [-0.3, -0.25) is 4.79 Å². The molecule has 0 saturated heterocycles. The number of hydrogen-bond donors (Lipinski definition) is 1. The monoisotopic (exact) mass is 399 g/mol. The number of hydrogen-bond acceptors (Lipinski definition) is 3. The first-order valence-electron chi connectivity index (χ1n) is 10.5. The van der Waals surface area contributed by atoms with Crippen molar-refractivity contribution in [1.29, 1.82) is 0 Å². The minimum atomic E-state index is -0.467. The highest BCUT2D eigenvalue weighted by Crippen LogP contribution is 2.51. The summed E-state index contributed by atoms with van der Waals surface area (Å²) in [5.41, 5.74) is 5.00. The first kappa shape index (κ1) is 18.7. The number of rotatable bonds is 5. The van der Waals surface area contributed by atoms with E-state index < -0.39 is 5.41 Å². The summed E-state index contributed by atoms with van der Waals surface area (Å²) in [6, 6.07) is 22.5. The first-order valence-corrected chi connectivity index (χ1v) is 10.5. The zero-order valence-electron chi connectivity index (χ0n) is 17.3. The average molecular weight is 399 g/mol. The van der Waals surface area contributed by atoms with Crippen LogP contribution in [0.2, 0.25) is 0 Å². The van der Waals surface area contributed by atoms with E-state index in [9.17, 15) is 4.79 Å². The van der Waals surface area contributed by atoms with Gasteiger partial charge in [-0.1, -0.05) is 56.3 Å². The van der Waals surface area contributed by atoms with Crippen LogP contribution < -0.4 is 14.8 Å². The van der Waals surface area contributed by atoms with Crippen molar-refractivity contribution < 1.29 is 14.3 Å². The van der Waals surface area contributed by atoms with E-state index in [-0.39, 0.29) is 12.7 Å². The smallest absolute Gasteiger partial charge is 0.235 e. The highest BCUT2D eigenvalue weighted by molar-refractivity contribution is 6.01. The Morgan fingerprint density at radius 3 is 2.40 bits per heavy atom. The maximum atomic E-state index is 13.1. The molecule has 3 aromatic carbocycles. The van der Waals surface area contributed by atoms with Gasteiger partial charge in [0.15, 0.2) is 11.5 Å². The van der Waals surface area contributed by atoms with Crippen LogP contribution >= 0.6 is 0 Å². The summed E-state index contributed by atoms with van der Waals surface area (Å²) in [5.74, 6) is 2.00. The Bertz CT molecular complexity index is 1100. The second-order valence-corrected chi connectivity index (χ2v) is 8.46. The number of carbonyl (C=O) groups excluding carboxylic acids is 1. The molecular weight excluding hydrogens is 374 g/mol. The third-order valence-corrected chi connectivity index (χ3v) is 6.14. The maximum absolute atomic E-state index is 13.1. The lowest BCUT2D eigenvalue weighted by Crippen LogP contribution is -2.27. The molecule has 1 heterocycles. The fourth-order valence-corrected chi connectivity index (χ4v) is 4.04. The Morgan fingerprint density at radius 1 is 0.900 bits per heavy atom. The summed E-state index contributed by atoms with van der Waals surface area (Å²) in [5, 5.41) is 3.11. The molecule has 3 aromatic rings. The van der Waals surface area contributed by atoms with Crippen molar-refractivity contribution >= 4 is 11.6 Å². The SMILES string of the molecule is CC(C)c1cccc(-c2ccc(NC(=O)C3(c4ccc5c(c4)OCO5)CC3)cc2)c1. The Hall–Kier alpha value is -3.27. The van der Waals surface area contributed by atoms with E-state index in [0.717, 1.165) is 41.2 Å². The normalized spacial score (nSPS) is 15.8. The highest BCUT2D eigenvalue weighted by Gasteiger charge is 2.51. The zero-order valence-corrected chi connectivity index (χ0v) is 17.3. The van der Waals surface area contributed by atoms with Gasteiger partial charge in [0.05, 0.1) is 5.41 Å². The van der Waals surface area contributed by atoms with Crippen LogP contribution in [0.15, 0.2) is 66.7 Å². The van der Waals surface area contributed by atoms with Crippen LogP contribution in [-0.4, -0.2) is 12.7 Å². The summed E-state index contributed by atoms with van der Waals surface area (Å²) >= 11 is 0. The number of ether oxygens (including phenoxy) is 2. The summed E-state index contributed by atoms with van der Waals surface area (Å²) in [4.78, 5) is 13.1. The molecule has 5 rings (SSSR count). The lowest BCUT2D eigenvalue weighted by molar-refractivity contribution is -0.118. The number of fused-ring (bicyclic) bond motifs is 1. The molecule has 4 heteroatoms. The van der Waals surface area contributed by atoms with Crippen molar-refractivity contribution in [3.05, 3.63) is 77.9 Å². The van der Waals surface area contributed by atoms with Crippen molar-refractivity contribution in [2.24, 2.45) is 0 Å². The summed E-state index contributed by atoms with van der Waals surface area (Å²) in [6.45, 7) is 4.64. The topological polar surface area (TPSA) is 47.6 Å². The van der Waals surface area contributed by atoms with Gasteiger partial charge in [-0.25, -0.2) is 0 Å². The molecule has 0 bridgehead atoms. The van der Waals surface area contributed by atoms with Crippen LogP contribution in [0.4, 0.5) is 5.69 Å². The molecule has 1 aliphatic carbocycles. The van der Waals surface area contributed by atoms with Crippen molar-refractivity contribution in [1.82, 2.24) is 0 Å². The lowest BCUT2D eigenvalue weighted by atomic mass is 9.94. The Labute approximate surface area is 176 Å². The molecule has 1 N–H and O–H groups in total. The van der Waals surface area contributed by atoms with Gasteiger partial charge < -0.3 is 14.8 Å². The van der Waals surface area contributed by atoms with E-state index in [1.54, 1.807) is 0 Å². The maximum Gasteiger partial charge on any atom is 0.235 e. The third kappa shape index (κ3) is 3.32. The van der Waals surface area contributed by atoms with E-state index in [1.165, 1.54) is 11.1 Å². The number of carbonyl (C=O) groups is 1. The fraction of sp³-hybridized carbons (Fsp3) is 0.269. The largest absolute Gasteiger partial charge is 0.454 e. The van der Waals surface area contributed by atoms with Gasteiger partial charge in [-0.2, -0.15) is 0 Å². The number of anilines is 1. The van der Waals surface area contributed by atoms with E-state index in [0.29, 0.717) is 5.92 Å². The molecule has 0 unspecified atom stereocenters. The molecule has 1 fully saturated rings. The average Bonchev–Trinajstić information content (AvgIpc) is 3.45. The van der Waals surface area contributed by atoms with Crippen LogP contribution in [0.25, 0.3) is 11.1 Å². The Morgan fingerprint density at radius 2 is 1.67 bits per heavy atom.